The third-order valence-electron chi connectivity index (χ3n) is 19.9. The number of likely N-dealkylation sites (N-methyl/N-ethyl adjacent to an activating group) is 1. The monoisotopic (exact) mass is 1690 g/mol. The van der Waals surface area contributed by atoms with Crippen molar-refractivity contribution in [2.45, 2.75) is 125 Å². The first-order valence-electron chi connectivity index (χ1n) is 39.7. The van der Waals surface area contributed by atoms with Crippen molar-refractivity contribution in [3.8, 4) is 0 Å². The van der Waals surface area contributed by atoms with Crippen molar-refractivity contribution in [1.82, 2.24) is 15.5 Å². The number of nitrogens with two attached hydrogens (primary N) is 1. The predicted molar refractivity (Wildman–Crippen MR) is 465 cm³/mol. The van der Waals surface area contributed by atoms with Gasteiger partial charge in [0.1, 0.15) is 12.6 Å². The summed E-state index contributed by atoms with van der Waals surface area (Å²) in [5.74, 6) is -2.33. The van der Waals surface area contributed by atoms with Crippen molar-refractivity contribution >= 4 is 112 Å². The Morgan fingerprint density at radius 1 is 0.452 bits per heavy atom. The van der Waals surface area contributed by atoms with Crippen LogP contribution in [0.4, 0.5) is 34.1 Å². The maximum Gasteiger partial charge on any atom is 0.330 e. The summed E-state index contributed by atoms with van der Waals surface area (Å²) >= 11 is 0. The fraction of sp³-hybridized carbons (Fsp3) is 0.277. The number of aldehydes is 2. The number of fused-ring (bicyclic) bond motifs is 2. The van der Waals surface area contributed by atoms with E-state index in [1.807, 2.05) is 94.4 Å². The molecule has 0 aliphatic carbocycles. The normalized spacial score (nSPS) is 15.1. The number of nitrogens with one attached hydrogen (secondary N) is 2. The first kappa shape index (κ1) is 94.6. The number of ether oxygens (including phenoxy) is 3. The molecule has 0 spiro atoms. The number of non-ortho nitro benzene ring substituents is 3. The summed E-state index contributed by atoms with van der Waals surface area (Å²) in [5, 5.41) is 37.6. The van der Waals surface area contributed by atoms with Gasteiger partial charge in [-0.05, 0) is 209 Å². The Hall–Kier alpha value is -14.8. The minimum Gasteiger partial charge on any atom is -0.466 e. The fourth-order valence-electron chi connectivity index (χ4n) is 14.3. The largest absolute Gasteiger partial charge is 0.466 e. The minimum atomic E-state index is -0.522. The van der Waals surface area contributed by atoms with Crippen molar-refractivity contribution in [3.63, 3.8) is 0 Å². The van der Waals surface area contributed by atoms with Crippen LogP contribution in [0.25, 0.3) is 6.08 Å². The number of nitrogen functional groups attached to an aromatic ring is 1. The van der Waals surface area contributed by atoms with Gasteiger partial charge in [0, 0.05) is 129 Å². The zero-order chi connectivity index (χ0) is 90.8. The number of anilines is 3. The van der Waals surface area contributed by atoms with Crippen LogP contribution in [-0.2, 0) is 43.0 Å². The van der Waals surface area contributed by atoms with Gasteiger partial charge in [0.2, 0.25) is 17.7 Å². The van der Waals surface area contributed by atoms with E-state index in [4.69, 9.17) is 19.9 Å². The number of amides is 7. The lowest BCUT2D eigenvalue weighted by atomic mass is 9.91. The quantitative estimate of drug-likeness (QED) is 0.00932. The van der Waals surface area contributed by atoms with Gasteiger partial charge in [0.25, 0.3) is 40.7 Å². The second-order valence-electron chi connectivity index (χ2n) is 30.0. The van der Waals surface area contributed by atoms with Crippen LogP contribution >= 0.6 is 0 Å². The molecule has 0 aromatic heterocycles. The number of nitro groups is 3. The molecule has 0 bridgehead atoms. The lowest BCUT2D eigenvalue weighted by molar-refractivity contribution is -0.385. The van der Waals surface area contributed by atoms with Gasteiger partial charge in [-0.2, -0.15) is 0 Å². The Morgan fingerprint density at radius 2 is 0.847 bits per heavy atom. The van der Waals surface area contributed by atoms with Gasteiger partial charge in [0.15, 0.2) is 0 Å². The molecule has 644 valence electrons. The molecule has 14 rings (SSSR count). The highest BCUT2D eigenvalue weighted by Gasteiger charge is 2.39. The van der Waals surface area contributed by atoms with E-state index in [1.54, 1.807) is 126 Å². The van der Waals surface area contributed by atoms with Crippen LogP contribution in [0.5, 0.6) is 0 Å². The van der Waals surface area contributed by atoms with Crippen molar-refractivity contribution in [3.05, 3.63) is 319 Å². The SMILES string of the molecule is CCOC(=O)/C=C/c1cc(C)cc([N+](=O)[O-])c1.CCOC(=O)CC(CC(=O)OCC)c1cc(C)cc([N+](=O)[O-])c1.Cc1cc(C2CC(=O)N(C)C2)cc(N2C(=O)c3ccccc3C2=O)c1.Cc1cc(C2CNC(=O)C2)cc(N2C(=O)c3ccccc3C2=O)c1.Cc1cc(C=O)cc([N+](=O)[O-])c1.Cc1cc(N)cc(C2CNC(=O)C2)c1.Cc1cccc(C=O)c1. The van der Waals surface area contributed by atoms with Crippen LogP contribution in [0.1, 0.15) is 205 Å². The number of hydrogen-bond donors (Lipinski definition) is 3. The van der Waals surface area contributed by atoms with E-state index in [9.17, 15) is 87.9 Å². The highest BCUT2D eigenvalue weighted by Crippen LogP contribution is 2.37. The molecule has 9 aromatic carbocycles. The molecule has 9 aromatic rings. The Balaban J connectivity index is 0.000000184. The Kier molecular flexibility index (Phi) is 33.9. The number of benzene rings is 9. The molecule has 0 saturated carbocycles. The van der Waals surface area contributed by atoms with E-state index in [-0.39, 0.29) is 96.3 Å². The van der Waals surface area contributed by atoms with E-state index < -0.39 is 38.6 Å². The number of nitro benzene ring substituents is 3. The molecule has 30 heteroatoms. The van der Waals surface area contributed by atoms with Crippen LogP contribution in [0.2, 0.25) is 0 Å². The highest BCUT2D eigenvalue weighted by molar-refractivity contribution is 6.35. The summed E-state index contributed by atoms with van der Waals surface area (Å²) in [7, 11) is 1.79. The van der Waals surface area contributed by atoms with Crippen LogP contribution < -0.4 is 26.2 Å². The van der Waals surface area contributed by atoms with Crippen molar-refractivity contribution in [2.75, 3.05) is 62.0 Å². The molecule has 3 unspecified atom stereocenters. The Morgan fingerprint density at radius 3 is 1.23 bits per heavy atom. The number of carbonyl (C=O) groups is 12. The number of carbonyl (C=O) groups excluding carboxylic acids is 12. The first-order chi connectivity index (χ1) is 59.0. The number of esters is 3. The van der Waals surface area contributed by atoms with E-state index in [0.29, 0.717) is 113 Å². The molecule has 7 amide bonds. The van der Waals surface area contributed by atoms with Crippen LogP contribution in [0.3, 0.4) is 0 Å². The number of imide groups is 2. The van der Waals surface area contributed by atoms with Gasteiger partial charge >= 0.3 is 17.9 Å². The molecule has 3 saturated heterocycles. The molecule has 30 nitrogen and oxygen atoms in total. The molecule has 5 heterocycles. The van der Waals surface area contributed by atoms with Gasteiger partial charge < -0.3 is 35.5 Å². The minimum absolute atomic E-state index is 0.00788. The van der Waals surface area contributed by atoms with Crippen molar-refractivity contribution in [2.24, 2.45) is 0 Å². The second kappa shape index (κ2) is 44.4. The molecular formula is C94H97N9O21. The van der Waals surface area contributed by atoms with E-state index in [1.165, 1.54) is 63.9 Å². The summed E-state index contributed by atoms with van der Waals surface area (Å²) < 4.78 is 14.5. The van der Waals surface area contributed by atoms with Gasteiger partial charge in [-0.3, -0.25) is 83.1 Å². The van der Waals surface area contributed by atoms with Crippen molar-refractivity contribution < 1.29 is 86.5 Å². The molecule has 4 N–H and O–H groups in total. The zero-order valence-corrected chi connectivity index (χ0v) is 70.6. The first-order valence-corrected chi connectivity index (χ1v) is 39.7. The predicted octanol–water partition coefficient (Wildman–Crippen LogP) is 15.2. The van der Waals surface area contributed by atoms with Gasteiger partial charge in [-0.15, -0.1) is 0 Å². The van der Waals surface area contributed by atoms with Gasteiger partial charge in [0.05, 0.1) is 81.1 Å². The van der Waals surface area contributed by atoms with Gasteiger partial charge in [-0.1, -0.05) is 78.4 Å². The zero-order valence-electron chi connectivity index (χ0n) is 70.6. The Bertz CT molecular complexity index is 5510. The Labute approximate surface area is 716 Å². The standard InChI is InChI=1S/C20H18N2O3.C19H16N2O3.C16H21NO6.C12H13NO4.C11H14N2O.C8H7NO3.C8H8O/c1-12-7-13(14-10-18(23)21(2)11-14)9-15(8-12)22-19(24)16-5-3-4-6-17(16)20(22)25;1-11-6-12(13-9-17(22)20-10-13)8-14(7-11)21-18(23)15-4-2-3-5-16(15)19(21)24;1-4-22-15(18)9-13(10-16(19)23-5-2)12-6-11(3)7-14(8-12)17(20)21;1-3-17-12(14)5-4-10-6-9(2)7-11(8-10)13(15)16;1-7-2-8(4-10(12)3-7)9-5-11(14)13-6-9;1-6-2-7(5-10)4-8(3-6)9(11)12;1-7-3-2-4-8(5-7)6-9/h3-9,14H,10-11H2,1-2H3;2-8,13H,9-10H2,1H3,(H,20,22);6-8,13H,4-5,9-10H2,1-3H3;4-8H,3H2,1-2H3;2-4,9H,5-6,12H2,1H3,(H,13,14);2-5H,1H3;2-6H,1H3/b;;;5-4+;;;. The molecule has 3 atom stereocenters. The number of nitrogens with zero attached hydrogens (tertiary/aromatic N) is 6. The number of likely N-dealkylation sites (tertiary alicyclic amines) is 1. The smallest absolute Gasteiger partial charge is 0.330 e. The van der Waals surface area contributed by atoms with E-state index >= 15 is 0 Å². The summed E-state index contributed by atoms with van der Waals surface area (Å²) in [4.78, 5) is 175. The second-order valence-corrected chi connectivity index (χ2v) is 30.0. The van der Waals surface area contributed by atoms with Crippen LogP contribution in [0, 0.1) is 78.8 Å². The van der Waals surface area contributed by atoms with E-state index in [2.05, 4.69) is 16.7 Å². The van der Waals surface area contributed by atoms with Gasteiger partial charge in [-0.25, -0.2) is 14.6 Å². The third-order valence-corrected chi connectivity index (χ3v) is 19.9. The van der Waals surface area contributed by atoms with Crippen LogP contribution in [0.15, 0.2) is 188 Å². The van der Waals surface area contributed by atoms with Crippen LogP contribution in [-0.4, -0.2) is 138 Å². The summed E-state index contributed by atoms with van der Waals surface area (Å²) in [5.41, 5.74) is 21.0. The van der Waals surface area contributed by atoms with Crippen molar-refractivity contribution in [1.29, 1.82) is 0 Å². The molecular weight excluding hydrogens is 1590 g/mol. The molecule has 0 radical (unpaired) electrons. The highest BCUT2D eigenvalue weighted by atomic mass is 16.6. The lowest BCUT2D eigenvalue weighted by Crippen LogP contribution is -2.29. The molecule has 5 aliphatic heterocycles. The number of rotatable bonds is 20. The number of hydrogen-bond acceptors (Lipinski definition) is 22. The molecule has 3 fully saturated rings. The maximum absolute atomic E-state index is 12.7. The molecule has 124 heavy (non-hydrogen) atoms. The third kappa shape index (κ3) is 26.6. The molecule has 5 aliphatic rings. The fourth-order valence-corrected chi connectivity index (χ4v) is 14.3. The van der Waals surface area contributed by atoms with E-state index in [0.717, 1.165) is 63.0 Å². The summed E-state index contributed by atoms with van der Waals surface area (Å²) in [6.07, 6.45) is 5.61. The average Bonchev–Trinajstić information content (AvgIpc) is 1.62. The topological polar surface area (TPSA) is 422 Å². The average molecular weight is 1690 g/mol. The maximum atomic E-state index is 12.7. The summed E-state index contributed by atoms with van der Waals surface area (Å²) in [6.45, 7) is 20.9. The lowest BCUT2D eigenvalue weighted by Gasteiger charge is -2.18. The number of aryl methyl sites for hydroxylation is 7. The summed E-state index contributed by atoms with van der Waals surface area (Å²) in [6, 6.07) is 52.1.